The Balaban J connectivity index is 2.11. The second-order valence-corrected chi connectivity index (χ2v) is 6.68. The van der Waals surface area contributed by atoms with E-state index in [9.17, 15) is 15.0 Å². The fourth-order valence-corrected chi connectivity index (χ4v) is 3.73. The number of hydrogen-bond acceptors (Lipinski definition) is 5. The van der Waals surface area contributed by atoms with E-state index in [1.807, 2.05) is 12.1 Å². The molecule has 2 aromatic rings. The van der Waals surface area contributed by atoms with E-state index in [1.165, 1.54) is 4.68 Å². The predicted molar refractivity (Wildman–Crippen MR) is 99.8 cm³/mol. The first-order valence-corrected chi connectivity index (χ1v) is 9.04. The van der Waals surface area contributed by atoms with Crippen LogP contribution in [0.3, 0.4) is 0 Å². The Hall–Kier alpha value is -2.38. The smallest absolute Gasteiger partial charge is 0.268 e. The Labute approximate surface area is 153 Å². The monoisotopic (exact) mass is 358 g/mol. The Morgan fingerprint density at radius 2 is 1.96 bits per heavy atom. The number of aliphatic hydroxyl groups is 2. The molecule has 7 heteroatoms. The van der Waals surface area contributed by atoms with Crippen molar-refractivity contribution >= 4 is 17.4 Å². The second kappa shape index (κ2) is 7.09. The van der Waals surface area contributed by atoms with E-state index in [0.29, 0.717) is 29.1 Å². The standard InChI is InChI=1S/C19H26N4O3/c1-3-4-7-10-22-15-9-6-5-8-14(15)19(26,18(22)25)16-13(2)21-23(11-12-24)17(16)20/h5-6,8-9,24,26H,3-4,7,10-12,20H2,1-2H3/t19-/m1/s1. The van der Waals surface area contributed by atoms with E-state index in [-0.39, 0.29) is 19.0 Å². The number of carbonyl (C=O) groups is 1. The lowest BCUT2D eigenvalue weighted by Gasteiger charge is -2.24. The lowest BCUT2D eigenvalue weighted by atomic mass is 9.87. The SMILES string of the molecule is CCCCCN1C(=O)[C@](O)(c2c(C)nn(CCO)c2N)c2ccccc21. The maximum absolute atomic E-state index is 13.3. The lowest BCUT2D eigenvalue weighted by Crippen LogP contribution is -2.42. The molecule has 0 saturated heterocycles. The number of nitrogen functional groups attached to an aromatic ring is 1. The maximum Gasteiger partial charge on any atom is 0.268 e. The molecule has 0 fully saturated rings. The summed E-state index contributed by atoms with van der Waals surface area (Å²) < 4.78 is 1.43. The highest BCUT2D eigenvalue weighted by Gasteiger charge is 2.53. The minimum atomic E-state index is -1.86. The molecule has 0 unspecified atom stereocenters. The Morgan fingerprint density at radius 1 is 1.23 bits per heavy atom. The van der Waals surface area contributed by atoms with Gasteiger partial charge in [0.15, 0.2) is 0 Å². The first-order valence-electron chi connectivity index (χ1n) is 9.04. The largest absolute Gasteiger partial charge is 0.394 e. The third kappa shape index (κ3) is 2.68. The van der Waals surface area contributed by atoms with Crippen molar-refractivity contribution in [1.29, 1.82) is 0 Å². The summed E-state index contributed by atoms with van der Waals surface area (Å²) >= 11 is 0. The van der Waals surface area contributed by atoms with Crippen LogP contribution in [0.1, 0.15) is 43.0 Å². The maximum atomic E-state index is 13.3. The average Bonchev–Trinajstić information content (AvgIpc) is 3.02. The first-order chi connectivity index (χ1) is 12.5. The fourth-order valence-electron chi connectivity index (χ4n) is 3.73. The molecular formula is C19H26N4O3. The van der Waals surface area contributed by atoms with Crippen LogP contribution < -0.4 is 10.6 Å². The molecule has 1 amide bonds. The summed E-state index contributed by atoms with van der Waals surface area (Å²) in [5, 5.41) is 25.1. The summed E-state index contributed by atoms with van der Waals surface area (Å²) in [5.74, 6) is -0.189. The van der Waals surface area contributed by atoms with Crippen LogP contribution in [0, 0.1) is 6.92 Å². The van der Waals surface area contributed by atoms with Gasteiger partial charge in [0.25, 0.3) is 5.91 Å². The topological polar surface area (TPSA) is 105 Å². The molecule has 140 valence electrons. The highest BCUT2D eigenvalue weighted by Crippen LogP contribution is 2.47. The van der Waals surface area contributed by atoms with Crippen LogP contribution in [-0.2, 0) is 16.9 Å². The molecule has 3 rings (SSSR count). The summed E-state index contributed by atoms with van der Waals surface area (Å²) in [6, 6.07) is 7.27. The third-order valence-corrected chi connectivity index (χ3v) is 4.96. The van der Waals surface area contributed by atoms with Gasteiger partial charge in [-0.25, -0.2) is 4.68 Å². The number of aromatic nitrogens is 2. The zero-order chi connectivity index (χ0) is 18.9. The number of hydrogen-bond donors (Lipinski definition) is 3. The number of aryl methyl sites for hydroxylation is 1. The molecule has 1 atom stereocenters. The number of aliphatic hydroxyl groups excluding tert-OH is 1. The number of nitrogens with two attached hydrogens (primary N) is 1. The average molecular weight is 358 g/mol. The van der Waals surface area contributed by atoms with Crippen LogP contribution in [0.4, 0.5) is 11.5 Å². The molecule has 2 heterocycles. The van der Waals surface area contributed by atoms with Crippen LogP contribution in [0.25, 0.3) is 0 Å². The van der Waals surface area contributed by atoms with Crippen LogP contribution in [0.5, 0.6) is 0 Å². The molecule has 26 heavy (non-hydrogen) atoms. The molecule has 4 N–H and O–H groups in total. The summed E-state index contributed by atoms with van der Waals surface area (Å²) in [6.07, 6.45) is 2.93. The van der Waals surface area contributed by atoms with Gasteiger partial charge < -0.3 is 20.8 Å². The quantitative estimate of drug-likeness (QED) is 0.651. The highest BCUT2D eigenvalue weighted by atomic mass is 16.3. The van der Waals surface area contributed by atoms with Crippen LogP contribution in [-0.4, -0.2) is 39.1 Å². The number of fused-ring (bicyclic) bond motifs is 1. The Morgan fingerprint density at radius 3 is 2.65 bits per heavy atom. The summed E-state index contributed by atoms with van der Waals surface area (Å²) in [5.41, 5.74) is 6.37. The lowest BCUT2D eigenvalue weighted by molar-refractivity contribution is -0.132. The molecule has 1 aromatic carbocycles. The van der Waals surface area contributed by atoms with Crippen molar-refractivity contribution in [3.8, 4) is 0 Å². The predicted octanol–water partition coefficient (Wildman–Crippen LogP) is 1.54. The van der Waals surface area contributed by atoms with Crippen molar-refractivity contribution in [1.82, 2.24) is 9.78 Å². The summed E-state index contributed by atoms with van der Waals surface area (Å²) in [6.45, 7) is 4.45. The van der Waals surface area contributed by atoms with Crippen LogP contribution in [0.15, 0.2) is 24.3 Å². The molecular weight excluding hydrogens is 332 g/mol. The Kier molecular flexibility index (Phi) is 5.02. The van der Waals surface area contributed by atoms with Gasteiger partial charge in [0.1, 0.15) is 5.82 Å². The second-order valence-electron chi connectivity index (χ2n) is 6.68. The molecule has 0 aliphatic carbocycles. The number of nitrogens with zero attached hydrogens (tertiary/aromatic N) is 3. The zero-order valence-corrected chi connectivity index (χ0v) is 15.3. The van der Waals surface area contributed by atoms with Crippen LogP contribution >= 0.6 is 0 Å². The molecule has 0 saturated carbocycles. The number of amides is 1. The zero-order valence-electron chi connectivity index (χ0n) is 15.3. The number of benzene rings is 1. The molecule has 1 aromatic heterocycles. The molecule has 0 spiro atoms. The van der Waals surface area contributed by atoms with Crippen LogP contribution in [0.2, 0.25) is 0 Å². The first kappa shape index (κ1) is 18.4. The molecule has 1 aliphatic heterocycles. The van der Waals surface area contributed by atoms with Gasteiger partial charge in [-0.15, -0.1) is 0 Å². The van der Waals surface area contributed by atoms with Gasteiger partial charge in [-0.3, -0.25) is 4.79 Å². The Bertz CT molecular complexity index is 817. The van der Waals surface area contributed by atoms with Gasteiger partial charge in [-0.2, -0.15) is 5.10 Å². The van der Waals surface area contributed by atoms with E-state index in [0.717, 1.165) is 19.3 Å². The minimum Gasteiger partial charge on any atom is -0.394 e. The highest BCUT2D eigenvalue weighted by molar-refractivity contribution is 6.09. The van der Waals surface area contributed by atoms with Crippen molar-refractivity contribution in [3.63, 3.8) is 0 Å². The number of rotatable bonds is 7. The third-order valence-electron chi connectivity index (χ3n) is 4.96. The van der Waals surface area contributed by atoms with E-state index >= 15 is 0 Å². The minimum absolute atomic E-state index is 0.128. The summed E-state index contributed by atoms with van der Waals surface area (Å²) in [4.78, 5) is 14.9. The molecule has 7 nitrogen and oxygen atoms in total. The van der Waals surface area contributed by atoms with E-state index in [2.05, 4.69) is 12.0 Å². The van der Waals surface area contributed by atoms with E-state index < -0.39 is 11.5 Å². The van der Waals surface area contributed by atoms with Gasteiger partial charge in [0, 0.05) is 12.1 Å². The van der Waals surface area contributed by atoms with E-state index in [4.69, 9.17) is 5.73 Å². The number of para-hydroxylation sites is 1. The van der Waals surface area contributed by atoms with Gasteiger partial charge >= 0.3 is 0 Å². The fraction of sp³-hybridized carbons (Fsp3) is 0.474. The van der Waals surface area contributed by atoms with Gasteiger partial charge in [-0.05, 0) is 19.4 Å². The van der Waals surface area contributed by atoms with Gasteiger partial charge in [0.05, 0.1) is 30.1 Å². The van der Waals surface area contributed by atoms with Gasteiger partial charge in [-0.1, -0.05) is 38.0 Å². The molecule has 1 aliphatic rings. The van der Waals surface area contributed by atoms with E-state index in [1.54, 1.807) is 24.0 Å². The summed E-state index contributed by atoms with van der Waals surface area (Å²) in [7, 11) is 0. The van der Waals surface area contributed by atoms with Crippen molar-refractivity contribution < 1.29 is 15.0 Å². The molecule has 0 bridgehead atoms. The number of unbranched alkanes of at least 4 members (excludes halogenated alkanes) is 2. The van der Waals surface area contributed by atoms with Crippen molar-refractivity contribution in [3.05, 3.63) is 41.1 Å². The molecule has 0 radical (unpaired) electrons. The van der Waals surface area contributed by atoms with Crippen molar-refractivity contribution in [2.45, 2.75) is 45.3 Å². The van der Waals surface area contributed by atoms with Gasteiger partial charge in [0.2, 0.25) is 5.60 Å². The number of anilines is 2. The number of carbonyl (C=O) groups excluding carboxylic acids is 1. The van der Waals surface area contributed by atoms with Crippen molar-refractivity contribution in [2.75, 3.05) is 23.8 Å². The normalized spacial score (nSPS) is 19.2. The van der Waals surface area contributed by atoms with Crippen molar-refractivity contribution in [2.24, 2.45) is 0 Å².